The first-order chi connectivity index (χ1) is 14.2. The van der Waals surface area contributed by atoms with Gasteiger partial charge in [0.1, 0.15) is 11.8 Å². The second-order valence-electron chi connectivity index (χ2n) is 7.80. The quantitative estimate of drug-likeness (QED) is 0.629. The maximum Gasteiger partial charge on any atom is 0.261 e. The van der Waals surface area contributed by atoms with E-state index in [0.29, 0.717) is 23.7 Å². The molecular formula is C24H31ClN2O3. The van der Waals surface area contributed by atoms with Gasteiger partial charge in [0.15, 0.2) is 6.61 Å². The molecule has 0 saturated heterocycles. The number of halogens is 1. The van der Waals surface area contributed by atoms with Crippen molar-refractivity contribution < 1.29 is 14.3 Å². The zero-order chi connectivity index (χ0) is 22.3. The van der Waals surface area contributed by atoms with Gasteiger partial charge in [0.2, 0.25) is 5.91 Å². The molecule has 2 aromatic carbocycles. The van der Waals surface area contributed by atoms with E-state index in [4.69, 9.17) is 16.3 Å². The SMILES string of the molecule is CC[C@H](C(=O)NC(C)C)N(Cc1cccc(C)c1)C(=O)COc1ccc(Cl)c(C)c1. The lowest BCUT2D eigenvalue weighted by Crippen LogP contribution is -2.51. The fourth-order valence-corrected chi connectivity index (χ4v) is 3.36. The molecule has 0 bridgehead atoms. The highest BCUT2D eigenvalue weighted by Crippen LogP contribution is 2.21. The van der Waals surface area contributed by atoms with Crippen molar-refractivity contribution in [2.75, 3.05) is 6.61 Å². The highest BCUT2D eigenvalue weighted by molar-refractivity contribution is 6.31. The number of nitrogens with one attached hydrogen (secondary N) is 1. The Morgan fingerprint density at radius 1 is 1.13 bits per heavy atom. The van der Waals surface area contributed by atoms with Crippen LogP contribution in [0.25, 0.3) is 0 Å². The summed E-state index contributed by atoms with van der Waals surface area (Å²) in [7, 11) is 0. The first kappa shape index (κ1) is 23.7. The van der Waals surface area contributed by atoms with Crippen LogP contribution in [0.5, 0.6) is 5.75 Å². The molecule has 0 heterocycles. The normalized spacial score (nSPS) is 11.8. The van der Waals surface area contributed by atoms with Crippen molar-refractivity contribution in [2.24, 2.45) is 0 Å². The van der Waals surface area contributed by atoms with Gasteiger partial charge in [-0.1, -0.05) is 48.4 Å². The topological polar surface area (TPSA) is 58.6 Å². The summed E-state index contributed by atoms with van der Waals surface area (Å²) in [6.07, 6.45) is 0.510. The van der Waals surface area contributed by atoms with Gasteiger partial charge in [-0.05, 0) is 63.4 Å². The largest absolute Gasteiger partial charge is 0.484 e. The van der Waals surface area contributed by atoms with E-state index in [1.165, 1.54) is 0 Å². The predicted octanol–water partition coefficient (Wildman–Crippen LogP) is 4.67. The van der Waals surface area contributed by atoms with Crippen molar-refractivity contribution >= 4 is 23.4 Å². The van der Waals surface area contributed by atoms with Gasteiger partial charge in [0, 0.05) is 17.6 Å². The molecule has 0 radical (unpaired) electrons. The van der Waals surface area contributed by atoms with Crippen LogP contribution >= 0.6 is 11.6 Å². The molecule has 30 heavy (non-hydrogen) atoms. The third-order valence-corrected chi connectivity index (χ3v) is 5.17. The zero-order valence-corrected chi connectivity index (χ0v) is 19.1. The Bertz CT molecular complexity index is 883. The average molecular weight is 431 g/mol. The van der Waals surface area contributed by atoms with E-state index in [0.717, 1.165) is 16.7 Å². The van der Waals surface area contributed by atoms with Crippen LogP contribution < -0.4 is 10.1 Å². The molecule has 1 N–H and O–H groups in total. The van der Waals surface area contributed by atoms with Crippen molar-refractivity contribution in [3.8, 4) is 5.75 Å². The second-order valence-corrected chi connectivity index (χ2v) is 8.20. The Hall–Kier alpha value is -2.53. The van der Waals surface area contributed by atoms with Gasteiger partial charge in [-0.15, -0.1) is 0 Å². The second kappa shape index (κ2) is 11.0. The molecular weight excluding hydrogens is 400 g/mol. The molecule has 2 rings (SSSR count). The van der Waals surface area contributed by atoms with E-state index in [9.17, 15) is 9.59 Å². The molecule has 0 unspecified atom stereocenters. The first-order valence-electron chi connectivity index (χ1n) is 10.3. The molecule has 0 aliphatic heterocycles. The number of carbonyl (C=O) groups excluding carboxylic acids is 2. The van der Waals surface area contributed by atoms with E-state index >= 15 is 0 Å². The monoisotopic (exact) mass is 430 g/mol. The summed E-state index contributed by atoms with van der Waals surface area (Å²) in [6, 6.07) is 12.6. The van der Waals surface area contributed by atoms with Crippen molar-refractivity contribution in [1.82, 2.24) is 10.2 Å². The number of hydrogen-bond acceptors (Lipinski definition) is 3. The number of carbonyl (C=O) groups is 2. The van der Waals surface area contributed by atoms with Crippen LogP contribution in [0.3, 0.4) is 0 Å². The van der Waals surface area contributed by atoms with Crippen LogP contribution in [-0.4, -0.2) is 35.4 Å². The predicted molar refractivity (Wildman–Crippen MR) is 121 cm³/mol. The fraction of sp³-hybridized carbons (Fsp3) is 0.417. The molecule has 0 aliphatic rings. The molecule has 0 saturated carbocycles. The number of ether oxygens (including phenoxy) is 1. The molecule has 0 spiro atoms. The Morgan fingerprint density at radius 2 is 1.87 bits per heavy atom. The smallest absolute Gasteiger partial charge is 0.261 e. The summed E-state index contributed by atoms with van der Waals surface area (Å²) in [6.45, 7) is 9.79. The van der Waals surface area contributed by atoms with Gasteiger partial charge in [0.05, 0.1) is 0 Å². The highest BCUT2D eigenvalue weighted by atomic mass is 35.5. The van der Waals surface area contributed by atoms with Gasteiger partial charge in [-0.2, -0.15) is 0 Å². The summed E-state index contributed by atoms with van der Waals surface area (Å²) in [5.74, 6) is 0.172. The summed E-state index contributed by atoms with van der Waals surface area (Å²) in [4.78, 5) is 27.5. The Balaban J connectivity index is 2.22. The van der Waals surface area contributed by atoms with Gasteiger partial charge in [-0.25, -0.2) is 0 Å². The minimum absolute atomic E-state index is 0.00392. The van der Waals surface area contributed by atoms with E-state index in [2.05, 4.69) is 5.32 Å². The van der Waals surface area contributed by atoms with Crippen molar-refractivity contribution in [2.45, 2.75) is 59.7 Å². The number of hydrogen-bond donors (Lipinski definition) is 1. The zero-order valence-electron chi connectivity index (χ0n) is 18.4. The number of aryl methyl sites for hydroxylation is 2. The van der Waals surface area contributed by atoms with Gasteiger partial charge < -0.3 is 15.0 Å². The van der Waals surface area contributed by atoms with Crippen LogP contribution in [0.4, 0.5) is 0 Å². The standard InChI is InChI=1S/C24H31ClN2O3/c1-6-22(24(29)26-16(2)3)27(14-19-9-7-8-17(4)12-19)23(28)15-30-20-10-11-21(25)18(5)13-20/h7-13,16,22H,6,14-15H2,1-5H3,(H,26,29)/t22-/m1/s1. The Morgan fingerprint density at radius 3 is 2.47 bits per heavy atom. The van der Waals surface area contributed by atoms with Crippen molar-refractivity contribution in [3.63, 3.8) is 0 Å². The molecule has 6 heteroatoms. The average Bonchev–Trinajstić information content (AvgIpc) is 2.68. The van der Waals surface area contributed by atoms with E-state index < -0.39 is 6.04 Å². The lowest BCUT2D eigenvalue weighted by Gasteiger charge is -2.31. The van der Waals surface area contributed by atoms with Crippen LogP contribution in [0.1, 0.15) is 43.9 Å². The third-order valence-electron chi connectivity index (χ3n) is 4.74. The van der Waals surface area contributed by atoms with Gasteiger partial charge >= 0.3 is 0 Å². The van der Waals surface area contributed by atoms with Crippen molar-refractivity contribution in [1.29, 1.82) is 0 Å². The molecule has 0 aromatic heterocycles. The molecule has 0 fully saturated rings. The molecule has 1 atom stereocenters. The molecule has 0 aliphatic carbocycles. The lowest BCUT2D eigenvalue weighted by molar-refractivity contribution is -0.143. The summed E-state index contributed by atoms with van der Waals surface area (Å²) < 4.78 is 5.72. The summed E-state index contributed by atoms with van der Waals surface area (Å²) >= 11 is 6.06. The van der Waals surface area contributed by atoms with E-state index in [1.54, 1.807) is 23.1 Å². The Labute approximate surface area is 184 Å². The number of benzene rings is 2. The number of amides is 2. The molecule has 2 aromatic rings. The van der Waals surface area contributed by atoms with Gasteiger partial charge in [0.25, 0.3) is 5.91 Å². The van der Waals surface area contributed by atoms with Crippen LogP contribution in [0.15, 0.2) is 42.5 Å². The summed E-state index contributed by atoms with van der Waals surface area (Å²) in [5.41, 5.74) is 2.95. The third kappa shape index (κ3) is 6.77. The van der Waals surface area contributed by atoms with E-state index in [1.807, 2.05) is 58.9 Å². The molecule has 2 amide bonds. The number of rotatable bonds is 9. The Kier molecular flexibility index (Phi) is 8.72. The fourth-order valence-electron chi connectivity index (χ4n) is 3.24. The molecule has 162 valence electrons. The minimum Gasteiger partial charge on any atom is -0.484 e. The van der Waals surface area contributed by atoms with Crippen molar-refractivity contribution in [3.05, 3.63) is 64.2 Å². The maximum absolute atomic E-state index is 13.1. The van der Waals surface area contributed by atoms with Gasteiger partial charge in [-0.3, -0.25) is 9.59 Å². The lowest BCUT2D eigenvalue weighted by atomic mass is 10.1. The number of nitrogens with zero attached hydrogens (tertiary/aromatic N) is 1. The van der Waals surface area contributed by atoms with E-state index in [-0.39, 0.29) is 24.5 Å². The minimum atomic E-state index is -0.573. The highest BCUT2D eigenvalue weighted by Gasteiger charge is 2.29. The first-order valence-corrected chi connectivity index (χ1v) is 10.6. The van der Waals surface area contributed by atoms with Crippen LogP contribution in [0.2, 0.25) is 5.02 Å². The van der Waals surface area contributed by atoms with Crippen LogP contribution in [0, 0.1) is 13.8 Å². The van der Waals surface area contributed by atoms with Crippen LogP contribution in [-0.2, 0) is 16.1 Å². The molecule has 5 nitrogen and oxygen atoms in total. The summed E-state index contributed by atoms with van der Waals surface area (Å²) in [5, 5.41) is 3.57. The maximum atomic E-state index is 13.1.